The molecule has 0 radical (unpaired) electrons. The Morgan fingerprint density at radius 1 is 1.23 bits per heavy atom. The Labute approximate surface area is 159 Å². The molecule has 0 bridgehead atoms. The van der Waals surface area contributed by atoms with Gasteiger partial charge in [0.2, 0.25) is 5.88 Å². The van der Waals surface area contributed by atoms with Crippen molar-refractivity contribution in [2.75, 3.05) is 14.1 Å². The van der Waals surface area contributed by atoms with Crippen LogP contribution in [0.1, 0.15) is 61.3 Å². The molecule has 138 valence electrons. The van der Waals surface area contributed by atoms with Gasteiger partial charge in [0.05, 0.1) is 11.5 Å². The van der Waals surface area contributed by atoms with E-state index >= 15 is 0 Å². The third-order valence-corrected chi connectivity index (χ3v) is 7.13. The molecule has 2 aliphatic carbocycles. The number of aromatic nitrogens is 2. The van der Waals surface area contributed by atoms with Gasteiger partial charge in [-0.05, 0) is 70.5 Å². The van der Waals surface area contributed by atoms with Crippen LogP contribution in [0.15, 0.2) is 6.33 Å². The van der Waals surface area contributed by atoms with Crippen LogP contribution in [0.4, 0.5) is 0 Å². The Balaban J connectivity index is 1.58. The molecule has 2 aliphatic rings. The number of aryl methyl sites for hydroxylation is 1. The number of hydrogen-bond donors (Lipinski definition) is 0. The lowest BCUT2D eigenvalue weighted by Crippen LogP contribution is -2.35. The fraction of sp³-hybridized carbons (Fsp3) is 0.650. The van der Waals surface area contributed by atoms with Gasteiger partial charge in [0.1, 0.15) is 17.3 Å². The lowest BCUT2D eigenvalue weighted by molar-refractivity contribution is 0.108. The third-order valence-electron chi connectivity index (χ3n) is 5.95. The smallest absolute Gasteiger partial charge is 0.225 e. The highest BCUT2D eigenvalue weighted by Crippen LogP contribution is 2.47. The molecule has 0 aliphatic heterocycles. The van der Waals surface area contributed by atoms with Gasteiger partial charge < -0.3 is 9.64 Å². The quantitative estimate of drug-likeness (QED) is 0.786. The zero-order valence-corrected chi connectivity index (χ0v) is 16.4. The van der Waals surface area contributed by atoms with Gasteiger partial charge in [-0.2, -0.15) is 5.26 Å². The van der Waals surface area contributed by atoms with Crippen molar-refractivity contribution in [1.82, 2.24) is 14.9 Å². The van der Waals surface area contributed by atoms with Gasteiger partial charge in [-0.1, -0.05) is 0 Å². The first kappa shape index (κ1) is 17.7. The van der Waals surface area contributed by atoms with E-state index < -0.39 is 0 Å². The van der Waals surface area contributed by atoms with Crippen LogP contribution in [0, 0.1) is 11.3 Å². The Hall–Kier alpha value is -1.71. The Bertz CT molecular complexity index is 817. The molecule has 0 aromatic carbocycles. The number of fused-ring (bicyclic) bond motifs is 3. The van der Waals surface area contributed by atoms with Crippen LogP contribution in [0.3, 0.4) is 0 Å². The first-order valence-electron chi connectivity index (χ1n) is 9.63. The van der Waals surface area contributed by atoms with Crippen LogP contribution in [-0.4, -0.2) is 41.1 Å². The lowest BCUT2D eigenvalue weighted by atomic mass is 9.92. The number of nitriles is 1. The summed E-state index contributed by atoms with van der Waals surface area (Å²) in [6.07, 6.45) is 10.2. The minimum Gasteiger partial charge on any atom is -0.474 e. The molecule has 0 amide bonds. The second kappa shape index (κ2) is 7.50. The number of nitrogens with zero attached hydrogens (tertiary/aromatic N) is 4. The molecule has 2 aromatic heterocycles. The molecular weight excluding hydrogens is 344 g/mol. The van der Waals surface area contributed by atoms with E-state index in [9.17, 15) is 0 Å². The van der Waals surface area contributed by atoms with Gasteiger partial charge in [0, 0.05) is 17.3 Å². The van der Waals surface area contributed by atoms with Gasteiger partial charge in [0.25, 0.3) is 0 Å². The molecule has 0 unspecified atom stereocenters. The van der Waals surface area contributed by atoms with Crippen molar-refractivity contribution < 1.29 is 4.74 Å². The van der Waals surface area contributed by atoms with E-state index in [1.165, 1.54) is 23.3 Å². The third kappa shape index (κ3) is 3.30. The highest BCUT2D eigenvalue weighted by atomic mass is 32.1. The second-order valence-corrected chi connectivity index (χ2v) is 8.83. The lowest BCUT2D eigenvalue weighted by Gasteiger charge is -2.32. The van der Waals surface area contributed by atoms with E-state index in [2.05, 4.69) is 35.0 Å². The van der Waals surface area contributed by atoms with Gasteiger partial charge >= 0.3 is 0 Å². The van der Waals surface area contributed by atoms with Crippen molar-refractivity contribution in [2.45, 2.75) is 69.4 Å². The summed E-state index contributed by atoms with van der Waals surface area (Å²) < 4.78 is 6.41. The standard InChI is InChI=1S/C20H26N4OS/c1-24(2)14-6-8-15(9-7-14)25-19-18-17-13(4-3-11-21)5-10-16(17)26-20(18)23-12-22-19/h12-15H,3-10H2,1-2H3/t13-,14-,15-/m0/s1. The van der Waals surface area contributed by atoms with E-state index in [-0.39, 0.29) is 6.10 Å². The van der Waals surface area contributed by atoms with Gasteiger partial charge in [-0.25, -0.2) is 9.97 Å². The normalized spacial score (nSPS) is 25.4. The highest BCUT2D eigenvalue weighted by molar-refractivity contribution is 7.19. The van der Waals surface area contributed by atoms with E-state index in [1.807, 2.05) is 0 Å². The fourth-order valence-corrected chi connectivity index (χ4v) is 5.73. The van der Waals surface area contributed by atoms with E-state index in [0.717, 1.165) is 48.2 Å². The molecule has 26 heavy (non-hydrogen) atoms. The molecule has 2 heterocycles. The minimum absolute atomic E-state index is 0.249. The molecule has 6 heteroatoms. The van der Waals surface area contributed by atoms with Gasteiger partial charge in [0.15, 0.2) is 0 Å². The monoisotopic (exact) mass is 370 g/mol. The molecule has 1 atom stereocenters. The van der Waals surface area contributed by atoms with Gasteiger partial charge in [-0.3, -0.25) is 0 Å². The Morgan fingerprint density at radius 3 is 2.77 bits per heavy atom. The predicted molar refractivity (Wildman–Crippen MR) is 104 cm³/mol. The van der Waals surface area contributed by atoms with Crippen LogP contribution < -0.4 is 4.74 Å². The van der Waals surface area contributed by atoms with E-state index in [0.29, 0.717) is 18.4 Å². The van der Waals surface area contributed by atoms with Crippen molar-refractivity contribution >= 4 is 21.6 Å². The van der Waals surface area contributed by atoms with Crippen molar-refractivity contribution in [3.05, 3.63) is 16.8 Å². The minimum atomic E-state index is 0.249. The molecule has 5 nitrogen and oxygen atoms in total. The van der Waals surface area contributed by atoms with Crippen molar-refractivity contribution in [2.24, 2.45) is 0 Å². The predicted octanol–water partition coefficient (Wildman–Crippen LogP) is 4.28. The maximum atomic E-state index is 8.97. The first-order valence-corrected chi connectivity index (χ1v) is 10.4. The summed E-state index contributed by atoms with van der Waals surface area (Å²) in [5.74, 6) is 1.22. The summed E-state index contributed by atoms with van der Waals surface area (Å²) in [6, 6.07) is 2.96. The van der Waals surface area contributed by atoms with Crippen LogP contribution in [0.5, 0.6) is 5.88 Å². The maximum Gasteiger partial charge on any atom is 0.225 e. The summed E-state index contributed by atoms with van der Waals surface area (Å²) in [5, 5.41) is 10.1. The van der Waals surface area contributed by atoms with Crippen LogP contribution >= 0.6 is 11.3 Å². The van der Waals surface area contributed by atoms with Gasteiger partial charge in [-0.15, -0.1) is 11.3 Å². The number of ether oxygens (including phenoxy) is 1. The SMILES string of the molecule is CN(C)[C@H]1CC[C@H](Oc2ncnc3sc4c(c23)[C@@H](CCC#N)CC4)CC1. The van der Waals surface area contributed by atoms with Crippen molar-refractivity contribution in [1.29, 1.82) is 5.26 Å². The zero-order valence-electron chi connectivity index (χ0n) is 15.6. The van der Waals surface area contributed by atoms with Crippen molar-refractivity contribution in [3.63, 3.8) is 0 Å². The van der Waals surface area contributed by atoms with E-state index in [4.69, 9.17) is 10.00 Å². The Morgan fingerprint density at radius 2 is 2.04 bits per heavy atom. The van der Waals surface area contributed by atoms with Crippen LogP contribution in [0.2, 0.25) is 0 Å². The largest absolute Gasteiger partial charge is 0.474 e. The first-order chi connectivity index (χ1) is 12.7. The summed E-state index contributed by atoms with van der Waals surface area (Å²) in [4.78, 5) is 13.8. The topological polar surface area (TPSA) is 62.0 Å². The number of hydrogen-bond acceptors (Lipinski definition) is 6. The van der Waals surface area contributed by atoms with Crippen LogP contribution in [-0.2, 0) is 6.42 Å². The average molecular weight is 371 g/mol. The van der Waals surface area contributed by atoms with Crippen molar-refractivity contribution in [3.8, 4) is 11.9 Å². The summed E-state index contributed by atoms with van der Waals surface area (Å²) >= 11 is 1.78. The fourth-order valence-electron chi connectivity index (χ4n) is 4.49. The molecule has 0 saturated heterocycles. The summed E-state index contributed by atoms with van der Waals surface area (Å²) in [5.41, 5.74) is 1.37. The average Bonchev–Trinajstić information content (AvgIpc) is 3.20. The molecule has 1 saturated carbocycles. The molecular formula is C20H26N4OS. The summed E-state index contributed by atoms with van der Waals surface area (Å²) in [6.45, 7) is 0. The molecule has 0 N–H and O–H groups in total. The maximum absolute atomic E-state index is 8.97. The molecule has 1 fully saturated rings. The summed E-state index contributed by atoms with van der Waals surface area (Å²) in [7, 11) is 4.33. The molecule has 4 rings (SSSR count). The second-order valence-electron chi connectivity index (χ2n) is 7.74. The van der Waals surface area contributed by atoms with E-state index in [1.54, 1.807) is 17.7 Å². The molecule has 0 spiro atoms. The number of thiophene rings is 1. The highest BCUT2D eigenvalue weighted by Gasteiger charge is 2.31. The zero-order chi connectivity index (χ0) is 18.1. The number of rotatable bonds is 5. The Kier molecular flexibility index (Phi) is 5.10. The molecule has 2 aromatic rings. The van der Waals surface area contributed by atoms with Crippen LogP contribution in [0.25, 0.3) is 10.2 Å².